The number of carbonyl (C=O) groups excluding carboxylic acids is 1. The van der Waals surface area contributed by atoms with Crippen LogP contribution >= 0.6 is 11.6 Å². The van der Waals surface area contributed by atoms with E-state index >= 15 is 0 Å². The average Bonchev–Trinajstić information content (AvgIpc) is 2.27. The maximum Gasteiger partial charge on any atom is 0.244 e. The Morgan fingerprint density at radius 3 is 2.65 bits per heavy atom. The Bertz CT molecular complexity index is 444. The van der Waals surface area contributed by atoms with E-state index in [1.807, 2.05) is 6.07 Å². The molecule has 1 aromatic rings. The minimum atomic E-state index is -0.509. The van der Waals surface area contributed by atoms with Crippen molar-refractivity contribution in [3.8, 4) is 5.75 Å². The summed E-state index contributed by atoms with van der Waals surface area (Å²) >= 11 is 6.08. The van der Waals surface area contributed by atoms with Crippen molar-refractivity contribution in [2.45, 2.75) is 24.7 Å². The van der Waals surface area contributed by atoms with Crippen molar-refractivity contribution in [3.63, 3.8) is 0 Å². The zero-order valence-corrected chi connectivity index (χ0v) is 10.4. The van der Waals surface area contributed by atoms with Crippen LogP contribution in [0.5, 0.6) is 5.75 Å². The summed E-state index contributed by atoms with van der Waals surface area (Å²) in [6.07, 6.45) is 2.63. The SMILES string of the molecule is COc1ccc(C2(C(=O)NN)CCC2)cc1Cl. The van der Waals surface area contributed by atoms with E-state index in [0.717, 1.165) is 24.8 Å². The lowest BCUT2D eigenvalue weighted by Crippen LogP contribution is -2.51. The normalized spacial score (nSPS) is 17.1. The Hall–Kier alpha value is -1.26. The van der Waals surface area contributed by atoms with Gasteiger partial charge in [-0.25, -0.2) is 5.84 Å². The van der Waals surface area contributed by atoms with Gasteiger partial charge in [0.2, 0.25) is 5.91 Å². The van der Waals surface area contributed by atoms with Crippen LogP contribution in [-0.2, 0) is 10.2 Å². The molecule has 0 saturated heterocycles. The fourth-order valence-corrected chi connectivity index (χ4v) is 2.54. The van der Waals surface area contributed by atoms with Crippen LogP contribution in [-0.4, -0.2) is 13.0 Å². The lowest BCUT2D eigenvalue weighted by Gasteiger charge is -2.40. The number of amides is 1. The number of carbonyl (C=O) groups is 1. The van der Waals surface area contributed by atoms with Gasteiger partial charge in [0.05, 0.1) is 17.5 Å². The van der Waals surface area contributed by atoms with Crippen molar-refractivity contribution < 1.29 is 9.53 Å². The van der Waals surface area contributed by atoms with Gasteiger partial charge in [-0.2, -0.15) is 0 Å². The molecule has 1 fully saturated rings. The highest BCUT2D eigenvalue weighted by Gasteiger charge is 2.45. The molecule has 1 aromatic carbocycles. The Labute approximate surface area is 105 Å². The Morgan fingerprint density at radius 2 is 2.24 bits per heavy atom. The molecule has 0 bridgehead atoms. The van der Waals surface area contributed by atoms with Gasteiger partial charge in [-0.05, 0) is 30.5 Å². The van der Waals surface area contributed by atoms with E-state index in [0.29, 0.717) is 10.8 Å². The first kappa shape index (κ1) is 12.2. The number of halogens is 1. The maximum absolute atomic E-state index is 11.9. The number of rotatable bonds is 3. The zero-order valence-electron chi connectivity index (χ0n) is 9.63. The smallest absolute Gasteiger partial charge is 0.244 e. The number of nitrogens with two attached hydrogens (primary N) is 1. The molecule has 1 aliphatic carbocycles. The highest BCUT2D eigenvalue weighted by Crippen LogP contribution is 2.45. The molecular formula is C12H15ClN2O2. The molecule has 0 aliphatic heterocycles. The highest BCUT2D eigenvalue weighted by molar-refractivity contribution is 6.32. The fourth-order valence-electron chi connectivity index (χ4n) is 2.28. The number of hydrazine groups is 1. The van der Waals surface area contributed by atoms with E-state index in [9.17, 15) is 4.79 Å². The topological polar surface area (TPSA) is 64.3 Å². The molecule has 2 rings (SSSR count). The van der Waals surface area contributed by atoms with Crippen molar-refractivity contribution in [2.75, 3.05) is 7.11 Å². The van der Waals surface area contributed by atoms with Crippen LogP contribution in [0.4, 0.5) is 0 Å². The Balaban J connectivity index is 2.38. The average molecular weight is 255 g/mol. The monoisotopic (exact) mass is 254 g/mol. The van der Waals surface area contributed by atoms with Crippen molar-refractivity contribution >= 4 is 17.5 Å². The minimum absolute atomic E-state index is 0.148. The molecule has 1 saturated carbocycles. The number of ether oxygens (including phenoxy) is 1. The molecule has 0 unspecified atom stereocenters. The molecule has 0 atom stereocenters. The van der Waals surface area contributed by atoms with Crippen molar-refractivity contribution in [1.82, 2.24) is 5.43 Å². The number of hydrogen-bond acceptors (Lipinski definition) is 3. The first-order chi connectivity index (χ1) is 8.14. The molecule has 4 nitrogen and oxygen atoms in total. The number of methoxy groups -OCH3 is 1. The Morgan fingerprint density at radius 1 is 1.53 bits per heavy atom. The van der Waals surface area contributed by atoms with Gasteiger partial charge in [-0.1, -0.05) is 24.1 Å². The molecular weight excluding hydrogens is 240 g/mol. The standard InChI is InChI=1S/C12H15ClN2O2/c1-17-10-4-3-8(7-9(10)13)12(5-2-6-12)11(16)15-14/h3-4,7H,2,5-6,14H2,1H3,(H,15,16). The fraction of sp³-hybridized carbons (Fsp3) is 0.417. The van der Waals surface area contributed by atoms with Gasteiger partial charge in [0, 0.05) is 0 Å². The van der Waals surface area contributed by atoms with E-state index in [1.165, 1.54) is 0 Å². The summed E-state index contributed by atoms with van der Waals surface area (Å²) in [5, 5.41) is 0.515. The first-order valence-corrected chi connectivity index (χ1v) is 5.87. The summed E-state index contributed by atoms with van der Waals surface area (Å²) in [6.45, 7) is 0. The third kappa shape index (κ3) is 1.87. The van der Waals surface area contributed by atoms with Crippen LogP contribution in [0.1, 0.15) is 24.8 Å². The molecule has 1 aliphatic rings. The van der Waals surface area contributed by atoms with Crippen LogP contribution in [0.15, 0.2) is 18.2 Å². The lowest BCUT2D eigenvalue weighted by molar-refractivity contribution is -0.130. The van der Waals surface area contributed by atoms with Crippen LogP contribution in [0.3, 0.4) is 0 Å². The number of hydrogen-bond donors (Lipinski definition) is 2. The molecule has 17 heavy (non-hydrogen) atoms. The van der Waals surface area contributed by atoms with Gasteiger partial charge in [0.25, 0.3) is 0 Å². The lowest BCUT2D eigenvalue weighted by atomic mass is 9.64. The first-order valence-electron chi connectivity index (χ1n) is 5.49. The van der Waals surface area contributed by atoms with E-state index in [-0.39, 0.29) is 5.91 Å². The van der Waals surface area contributed by atoms with Crippen molar-refractivity contribution in [1.29, 1.82) is 0 Å². The predicted octanol–water partition coefficient (Wildman–Crippen LogP) is 1.76. The summed E-state index contributed by atoms with van der Waals surface area (Å²) in [4.78, 5) is 11.9. The molecule has 0 radical (unpaired) electrons. The summed E-state index contributed by atoms with van der Waals surface area (Å²) in [6, 6.07) is 5.44. The third-order valence-electron chi connectivity index (χ3n) is 3.48. The quantitative estimate of drug-likeness (QED) is 0.491. The van der Waals surface area contributed by atoms with E-state index < -0.39 is 5.41 Å². The van der Waals surface area contributed by atoms with Gasteiger partial charge in [0.15, 0.2) is 0 Å². The molecule has 0 aromatic heterocycles. The van der Waals surface area contributed by atoms with Crippen molar-refractivity contribution in [3.05, 3.63) is 28.8 Å². The van der Waals surface area contributed by atoms with Crippen molar-refractivity contribution in [2.24, 2.45) is 5.84 Å². The van der Waals surface area contributed by atoms with Gasteiger partial charge in [-0.15, -0.1) is 0 Å². The van der Waals surface area contributed by atoms with Gasteiger partial charge in [-0.3, -0.25) is 10.2 Å². The number of nitrogens with one attached hydrogen (secondary N) is 1. The van der Waals surface area contributed by atoms with Crippen LogP contribution < -0.4 is 16.0 Å². The summed E-state index contributed by atoms with van der Waals surface area (Å²) in [5.41, 5.74) is 2.63. The zero-order chi connectivity index (χ0) is 12.5. The second-order valence-corrected chi connectivity index (χ2v) is 4.67. The van der Waals surface area contributed by atoms with Crippen LogP contribution in [0.2, 0.25) is 5.02 Å². The van der Waals surface area contributed by atoms with E-state index in [4.69, 9.17) is 22.2 Å². The molecule has 0 spiro atoms. The van der Waals surface area contributed by atoms with E-state index in [2.05, 4.69) is 5.43 Å². The summed E-state index contributed by atoms with van der Waals surface area (Å²) in [5.74, 6) is 5.70. The minimum Gasteiger partial charge on any atom is -0.495 e. The molecule has 92 valence electrons. The summed E-state index contributed by atoms with van der Waals surface area (Å²) < 4.78 is 5.09. The molecule has 1 amide bonds. The molecule has 3 N–H and O–H groups in total. The second kappa shape index (κ2) is 4.55. The van der Waals surface area contributed by atoms with Crippen LogP contribution in [0.25, 0.3) is 0 Å². The second-order valence-electron chi connectivity index (χ2n) is 4.26. The maximum atomic E-state index is 11.9. The van der Waals surface area contributed by atoms with E-state index in [1.54, 1.807) is 19.2 Å². The predicted molar refractivity (Wildman–Crippen MR) is 65.9 cm³/mol. The number of benzene rings is 1. The summed E-state index contributed by atoms with van der Waals surface area (Å²) in [7, 11) is 1.56. The largest absolute Gasteiger partial charge is 0.495 e. The Kier molecular flexibility index (Phi) is 3.26. The molecule has 5 heteroatoms. The molecule has 0 heterocycles. The van der Waals surface area contributed by atoms with Gasteiger partial charge < -0.3 is 4.74 Å². The van der Waals surface area contributed by atoms with Gasteiger partial charge >= 0.3 is 0 Å². The van der Waals surface area contributed by atoms with Gasteiger partial charge in [0.1, 0.15) is 5.75 Å². The highest BCUT2D eigenvalue weighted by atomic mass is 35.5. The third-order valence-corrected chi connectivity index (χ3v) is 3.77. The van der Waals surface area contributed by atoms with Crippen LogP contribution in [0, 0.1) is 0 Å².